The monoisotopic (exact) mass is 355 g/mol. The molecule has 1 aliphatic heterocycles. The van der Waals surface area contributed by atoms with Crippen LogP contribution in [0.4, 0.5) is 5.69 Å². The Morgan fingerprint density at radius 3 is 2.77 bits per heavy atom. The summed E-state index contributed by atoms with van der Waals surface area (Å²) in [5, 5.41) is 2.85. The normalized spacial score (nSPS) is 16.3. The fourth-order valence-corrected chi connectivity index (χ4v) is 2.79. The molecule has 0 saturated carbocycles. The van der Waals surface area contributed by atoms with E-state index in [0.717, 1.165) is 25.0 Å². The van der Waals surface area contributed by atoms with Crippen molar-refractivity contribution in [2.24, 2.45) is 0 Å². The highest BCUT2D eigenvalue weighted by Crippen LogP contribution is 2.25. The first-order chi connectivity index (χ1) is 12.6. The molecule has 2 aromatic rings. The maximum absolute atomic E-state index is 12.2. The Morgan fingerprint density at radius 2 is 2.00 bits per heavy atom. The van der Waals surface area contributed by atoms with Crippen LogP contribution in [0.3, 0.4) is 0 Å². The first-order valence-electron chi connectivity index (χ1n) is 8.95. The topological polar surface area (TPSA) is 56.8 Å². The number of rotatable bonds is 7. The average molecular weight is 355 g/mol. The lowest BCUT2D eigenvalue weighted by Crippen LogP contribution is -2.21. The highest BCUT2D eigenvalue weighted by Gasteiger charge is 2.17. The van der Waals surface area contributed by atoms with Gasteiger partial charge in [0, 0.05) is 6.61 Å². The predicted molar refractivity (Wildman–Crippen MR) is 101 cm³/mol. The van der Waals surface area contributed by atoms with Crippen LogP contribution < -0.4 is 14.8 Å². The molecule has 1 atom stereocenters. The van der Waals surface area contributed by atoms with Crippen molar-refractivity contribution in [3.05, 3.63) is 53.6 Å². The lowest BCUT2D eigenvalue weighted by Gasteiger charge is -2.15. The van der Waals surface area contributed by atoms with Crippen molar-refractivity contribution < 1.29 is 19.0 Å². The molecule has 5 nitrogen and oxygen atoms in total. The van der Waals surface area contributed by atoms with E-state index in [1.54, 1.807) is 0 Å². The van der Waals surface area contributed by atoms with Crippen molar-refractivity contribution >= 4 is 11.6 Å². The number of benzene rings is 2. The molecule has 1 aliphatic rings. The first-order valence-corrected chi connectivity index (χ1v) is 8.95. The lowest BCUT2D eigenvalue weighted by atomic mass is 10.1. The van der Waals surface area contributed by atoms with Crippen molar-refractivity contribution in [2.75, 3.05) is 25.1 Å². The number of para-hydroxylation sites is 2. The second-order valence-electron chi connectivity index (χ2n) is 6.53. The Hall–Kier alpha value is -2.53. The van der Waals surface area contributed by atoms with Crippen molar-refractivity contribution in [1.29, 1.82) is 0 Å². The van der Waals surface area contributed by atoms with Gasteiger partial charge in [0.2, 0.25) is 0 Å². The zero-order valence-electron chi connectivity index (χ0n) is 15.3. The van der Waals surface area contributed by atoms with Gasteiger partial charge in [0.15, 0.2) is 6.61 Å². The van der Waals surface area contributed by atoms with E-state index in [2.05, 4.69) is 5.32 Å². The molecule has 138 valence electrons. The van der Waals surface area contributed by atoms with Crippen LogP contribution >= 0.6 is 0 Å². The summed E-state index contributed by atoms with van der Waals surface area (Å²) in [6, 6.07) is 13.2. The molecule has 1 amide bonds. The molecule has 3 rings (SSSR count). The van der Waals surface area contributed by atoms with Gasteiger partial charge in [0.05, 0.1) is 11.8 Å². The van der Waals surface area contributed by atoms with Crippen LogP contribution in [-0.2, 0) is 9.53 Å². The van der Waals surface area contributed by atoms with Crippen molar-refractivity contribution in [3.8, 4) is 11.5 Å². The van der Waals surface area contributed by atoms with Crippen LogP contribution in [0.2, 0.25) is 0 Å². The number of amides is 1. The van der Waals surface area contributed by atoms with Crippen molar-refractivity contribution in [1.82, 2.24) is 0 Å². The molecule has 0 radical (unpaired) electrons. The summed E-state index contributed by atoms with van der Waals surface area (Å²) >= 11 is 0. The molecular weight excluding hydrogens is 330 g/mol. The molecule has 1 saturated heterocycles. The molecule has 1 fully saturated rings. The van der Waals surface area contributed by atoms with Crippen LogP contribution in [-0.4, -0.2) is 31.8 Å². The highest BCUT2D eigenvalue weighted by molar-refractivity contribution is 5.93. The Bertz CT molecular complexity index is 753. The maximum atomic E-state index is 12.2. The van der Waals surface area contributed by atoms with E-state index in [-0.39, 0.29) is 18.6 Å². The molecular formula is C21H25NO4. The summed E-state index contributed by atoms with van der Waals surface area (Å²) in [4.78, 5) is 12.2. The van der Waals surface area contributed by atoms with Crippen molar-refractivity contribution in [2.45, 2.75) is 32.8 Å². The van der Waals surface area contributed by atoms with Crippen LogP contribution in [0.25, 0.3) is 0 Å². The largest absolute Gasteiger partial charge is 0.489 e. The smallest absolute Gasteiger partial charge is 0.262 e. The zero-order chi connectivity index (χ0) is 18.4. The Balaban J connectivity index is 1.54. The zero-order valence-corrected chi connectivity index (χ0v) is 15.3. The standard InChI is InChI=1S/C21H25NO4/c1-15-9-10-17(12-16(15)2)25-14-21(23)22-19-7-3-4-8-20(19)26-13-18-6-5-11-24-18/h3-4,7-10,12,18H,5-6,11,13-14H2,1-2H3,(H,22,23). The molecule has 1 N–H and O–H groups in total. The molecule has 0 aromatic heterocycles. The quantitative estimate of drug-likeness (QED) is 0.819. The van der Waals surface area contributed by atoms with E-state index in [4.69, 9.17) is 14.2 Å². The minimum absolute atomic E-state index is 0.0530. The van der Waals surface area contributed by atoms with E-state index >= 15 is 0 Å². The molecule has 0 bridgehead atoms. The summed E-state index contributed by atoms with van der Waals surface area (Å²) in [6.45, 7) is 5.29. The molecule has 0 aliphatic carbocycles. The summed E-state index contributed by atoms with van der Waals surface area (Å²) in [5.74, 6) is 1.10. The van der Waals surface area contributed by atoms with Crippen LogP contribution in [0, 0.1) is 13.8 Å². The summed E-state index contributed by atoms with van der Waals surface area (Å²) in [6.07, 6.45) is 2.22. The van der Waals surface area contributed by atoms with Gasteiger partial charge in [0.1, 0.15) is 18.1 Å². The number of hydrogen-bond donors (Lipinski definition) is 1. The Labute approximate surface area is 154 Å². The molecule has 26 heavy (non-hydrogen) atoms. The predicted octanol–water partition coefficient (Wildman–Crippen LogP) is 3.88. The van der Waals surface area contributed by atoms with E-state index in [9.17, 15) is 4.79 Å². The number of anilines is 1. The van der Waals surface area contributed by atoms with Crippen molar-refractivity contribution in [3.63, 3.8) is 0 Å². The second kappa shape index (κ2) is 8.72. The maximum Gasteiger partial charge on any atom is 0.262 e. The third kappa shape index (κ3) is 4.99. The van der Waals surface area contributed by atoms with E-state index in [1.165, 1.54) is 5.56 Å². The third-order valence-electron chi connectivity index (χ3n) is 4.46. The molecule has 1 heterocycles. The molecule has 0 spiro atoms. The van der Waals surface area contributed by atoms with Gasteiger partial charge in [-0.25, -0.2) is 0 Å². The molecule has 2 aromatic carbocycles. The van der Waals surface area contributed by atoms with Gasteiger partial charge in [-0.3, -0.25) is 4.79 Å². The second-order valence-corrected chi connectivity index (χ2v) is 6.53. The minimum atomic E-state index is -0.226. The molecule has 1 unspecified atom stereocenters. The first kappa shape index (κ1) is 18.3. The van der Waals surface area contributed by atoms with Gasteiger partial charge in [0.25, 0.3) is 5.91 Å². The van der Waals surface area contributed by atoms with E-state index < -0.39 is 0 Å². The summed E-state index contributed by atoms with van der Waals surface area (Å²) < 4.78 is 17.0. The Morgan fingerprint density at radius 1 is 1.15 bits per heavy atom. The number of nitrogens with one attached hydrogen (secondary N) is 1. The number of aryl methyl sites for hydroxylation is 2. The average Bonchev–Trinajstić information content (AvgIpc) is 3.15. The van der Waals surface area contributed by atoms with Crippen LogP contribution in [0.5, 0.6) is 11.5 Å². The number of hydrogen-bond acceptors (Lipinski definition) is 4. The van der Waals surface area contributed by atoms with Crippen LogP contribution in [0.1, 0.15) is 24.0 Å². The van der Waals surface area contributed by atoms with Gasteiger partial charge in [-0.1, -0.05) is 18.2 Å². The van der Waals surface area contributed by atoms with Gasteiger partial charge < -0.3 is 19.5 Å². The minimum Gasteiger partial charge on any atom is -0.489 e. The Kier molecular flexibility index (Phi) is 6.12. The fraction of sp³-hybridized carbons (Fsp3) is 0.381. The van der Waals surface area contributed by atoms with Crippen LogP contribution in [0.15, 0.2) is 42.5 Å². The molecule has 5 heteroatoms. The van der Waals surface area contributed by atoms with E-state index in [1.807, 2.05) is 56.3 Å². The number of carbonyl (C=O) groups excluding carboxylic acids is 1. The van der Waals surface area contributed by atoms with Gasteiger partial charge in [-0.05, 0) is 62.1 Å². The SMILES string of the molecule is Cc1ccc(OCC(=O)Nc2ccccc2OCC2CCCO2)cc1C. The van der Waals surface area contributed by atoms with E-state index in [0.29, 0.717) is 23.8 Å². The number of carbonyl (C=O) groups is 1. The fourth-order valence-electron chi connectivity index (χ4n) is 2.79. The summed E-state index contributed by atoms with van der Waals surface area (Å²) in [7, 11) is 0. The van der Waals surface area contributed by atoms with Gasteiger partial charge >= 0.3 is 0 Å². The lowest BCUT2D eigenvalue weighted by molar-refractivity contribution is -0.118. The van der Waals surface area contributed by atoms with Gasteiger partial charge in [-0.15, -0.1) is 0 Å². The third-order valence-corrected chi connectivity index (χ3v) is 4.46. The summed E-state index contributed by atoms with van der Waals surface area (Å²) in [5.41, 5.74) is 2.97. The number of ether oxygens (including phenoxy) is 3. The highest BCUT2D eigenvalue weighted by atomic mass is 16.5. The van der Waals surface area contributed by atoms with Gasteiger partial charge in [-0.2, -0.15) is 0 Å².